The molecule has 0 amide bonds. The summed E-state index contributed by atoms with van der Waals surface area (Å²) in [7, 11) is 0. The van der Waals surface area contributed by atoms with Gasteiger partial charge < -0.3 is 4.55 Å². The fraction of sp³-hybridized carbons (Fsp3) is 0.333. The van der Waals surface area contributed by atoms with Gasteiger partial charge in [-0.05, 0) is 12.1 Å². The Labute approximate surface area is 79.0 Å². The standard InChI is InChI=1S/C9H10F2OS/c1-2-9(10,11)13(12)8-6-4-3-5-7-8/h3-7H,2H2,1H3. The van der Waals surface area contributed by atoms with Crippen molar-refractivity contribution in [3.63, 3.8) is 0 Å². The highest BCUT2D eigenvalue weighted by atomic mass is 32.2. The van der Waals surface area contributed by atoms with E-state index in [0.717, 1.165) is 0 Å². The number of rotatable bonds is 3. The maximum atomic E-state index is 12.9. The summed E-state index contributed by atoms with van der Waals surface area (Å²) in [5.74, 6) is 0. The molecule has 0 N–H and O–H groups in total. The van der Waals surface area contributed by atoms with Crippen LogP contribution in [0.15, 0.2) is 35.2 Å². The fourth-order valence-corrected chi connectivity index (χ4v) is 1.86. The minimum atomic E-state index is -3.12. The van der Waals surface area contributed by atoms with Gasteiger partial charge in [0.1, 0.15) is 0 Å². The molecule has 1 aromatic carbocycles. The van der Waals surface area contributed by atoms with Crippen molar-refractivity contribution in [2.24, 2.45) is 0 Å². The van der Waals surface area contributed by atoms with Crippen LogP contribution in [0, 0.1) is 0 Å². The maximum absolute atomic E-state index is 12.9. The van der Waals surface area contributed by atoms with E-state index in [1.807, 2.05) is 0 Å². The molecule has 0 saturated carbocycles. The molecule has 0 aliphatic heterocycles. The quantitative estimate of drug-likeness (QED) is 0.694. The van der Waals surface area contributed by atoms with Crippen molar-refractivity contribution in [2.75, 3.05) is 0 Å². The van der Waals surface area contributed by atoms with Crippen LogP contribution in [0.3, 0.4) is 0 Å². The van der Waals surface area contributed by atoms with Crippen LogP contribution in [0.25, 0.3) is 0 Å². The Morgan fingerprint density at radius 3 is 2.31 bits per heavy atom. The highest BCUT2D eigenvalue weighted by molar-refractivity contribution is 7.92. The van der Waals surface area contributed by atoms with E-state index >= 15 is 0 Å². The molecule has 0 aliphatic rings. The number of hydrogen-bond donors (Lipinski definition) is 0. The van der Waals surface area contributed by atoms with E-state index in [0.29, 0.717) is 0 Å². The second-order valence-electron chi connectivity index (χ2n) is 2.57. The Hall–Kier alpha value is -0.610. The molecule has 0 saturated heterocycles. The number of alkyl halides is 2. The van der Waals surface area contributed by atoms with Crippen molar-refractivity contribution in [1.82, 2.24) is 0 Å². The SMILES string of the molecule is CCC(F)(F)[S+]([O-])c1ccccc1. The molecule has 13 heavy (non-hydrogen) atoms. The zero-order valence-electron chi connectivity index (χ0n) is 7.17. The zero-order chi connectivity index (χ0) is 9.90. The lowest BCUT2D eigenvalue weighted by Gasteiger charge is -2.18. The molecule has 0 fully saturated rings. The minimum absolute atomic E-state index is 0.175. The monoisotopic (exact) mass is 204 g/mol. The van der Waals surface area contributed by atoms with Crippen LogP contribution in [-0.2, 0) is 11.2 Å². The van der Waals surface area contributed by atoms with Gasteiger partial charge in [0.2, 0.25) is 0 Å². The highest BCUT2D eigenvalue weighted by Crippen LogP contribution is 2.31. The van der Waals surface area contributed by atoms with Crippen LogP contribution in [0.1, 0.15) is 13.3 Å². The van der Waals surface area contributed by atoms with Crippen LogP contribution in [-0.4, -0.2) is 9.81 Å². The molecule has 0 heterocycles. The van der Waals surface area contributed by atoms with E-state index in [1.165, 1.54) is 19.1 Å². The molecule has 1 atom stereocenters. The van der Waals surface area contributed by atoms with Gasteiger partial charge in [-0.3, -0.25) is 0 Å². The average Bonchev–Trinajstić information content (AvgIpc) is 2.18. The first-order valence-electron chi connectivity index (χ1n) is 3.92. The molecule has 1 aromatic rings. The molecule has 72 valence electrons. The molecule has 0 bridgehead atoms. The molecule has 1 rings (SSSR count). The summed E-state index contributed by atoms with van der Waals surface area (Å²) < 4.78 is 37.1. The van der Waals surface area contributed by atoms with Crippen molar-refractivity contribution in [3.05, 3.63) is 30.3 Å². The van der Waals surface area contributed by atoms with Gasteiger partial charge in [-0.1, -0.05) is 25.1 Å². The molecule has 1 nitrogen and oxygen atoms in total. The van der Waals surface area contributed by atoms with Gasteiger partial charge in [-0.15, -0.1) is 0 Å². The van der Waals surface area contributed by atoms with Crippen molar-refractivity contribution in [1.29, 1.82) is 0 Å². The number of halogens is 2. The molecule has 1 unspecified atom stereocenters. The van der Waals surface area contributed by atoms with Crippen LogP contribution >= 0.6 is 0 Å². The normalized spacial score (nSPS) is 14.2. The Morgan fingerprint density at radius 2 is 1.85 bits per heavy atom. The van der Waals surface area contributed by atoms with E-state index in [1.54, 1.807) is 18.2 Å². The Bertz CT molecular complexity index is 264. The Balaban J connectivity index is 2.85. The summed E-state index contributed by atoms with van der Waals surface area (Å²) in [6, 6.07) is 7.78. The predicted molar refractivity (Wildman–Crippen MR) is 48.1 cm³/mol. The summed E-state index contributed by atoms with van der Waals surface area (Å²) in [6.07, 6.45) is -0.408. The van der Waals surface area contributed by atoms with Gasteiger partial charge in [0.15, 0.2) is 4.90 Å². The van der Waals surface area contributed by atoms with E-state index in [4.69, 9.17) is 0 Å². The average molecular weight is 204 g/mol. The van der Waals surface area contributed by atoms with Gasteiger partial charge in [0.05, 0.1) is 17.6 Å². The highest BCUT2D eigenvalue weighted by Gasteiger charge is 2.42. The van der Waals surface area contributed by atoms with E-state index in [9.17, 15) is 13.3 Å². The van der Waals surface area contributed by atoms with Gasteiger partial charge in [0.25, 0.3) is 0 Å². The van der Waals surface area contributed by atoms with Crippen molar-refractivity contribution in [2.45, 2.75) is 23.5 Å². The van der Waals surface area contributed by atoms with E-state index in [-0.39, 0.29) is 4.90 Å². The lowest BCUT2D eigenvalue weighted by molar-refractivity contribution is 0.0878. The van der Waals surface area contributed by atoms with Crippen molar-refractivity contribution >= 4 is 11.2 Å². The first kappa shape index (κ1) is 10.5. The number of benzene rings is 1. The summed E-state index contributed by atoms with van der Waals surface area (Å²) in [5.41, 5.74) is 0. The fourth-order valence-electron chi connectivity index (χ4n) is 0.848. The first-order valence-corrected chi connectivity index (χ1v) is 5.07. The summed E-state index contributed by atoms with van der Waals surface area (Å²) in [5, 5.41) is -3.12. The molecule has 0 spiro atoms. The van der Waals surface area contributed by atoms with Crippen LogP contribution in [0.5, 0.6) is 0 Å². The van der Waals surface area contributed by atoms with Crippen LogP contribution in [0.2, 0.25) is 0 Å². The summed E-state index contributed by atoms with van der Waals surface area (Å²) in [4.78, 5) is 0.175. The Kier molecular flexibility index (Phi) is 3.27. The maximum Gasteiger partial charge on any atom is 0.411 e. The third-order valence-corrected chi connectivity index (χ3v) is 3.17. The van der Waals surface area contributed by atoms with Gasteiger partial charge >= 0.3 is 5.25 Å². The van der Waals surface area contributed by atoms with Gasteiger partial charge in [0, 0.05) is 0 Å². The second kappa shape index (κ2) is 4.07. The largest absolute Gasteiger partial charge is 0.607 e. The van der Waals surface area contributed by atoms with E-state index < -0.39 is 22.9 Å². The summed E-state index contributed by atoms with van der Waals surface area (Å²) >= 11 is -2.23. The smallest absolute Gasteiger partial charge is 0.411 e. The summed E-state index contributed by atoms with van der Waals surface area (Å²) in [6.45, 7) is 1.32. The first-order chi connectivity index (χ1) is 6.08. The van der Waals surface area contributed by atoms with Crippen LogP contribution < -0.4 is 0 Å². The van der Waals surface area contributed by atoms with Crippen LogP contribution in [0.4, 0.5) is 8.78 Å². The van der Waals surface area contributed by atoms with E-state index in [2.05, 4.69) is 0 Å². The third-order valence-electron chi connectivity index (χ3n) is 1.64. The predicted octanol–water partition coefficient (Wildman–Crippen LogP) is 2.80. The molecule has 0 radical (unpaired) electrons. The van der Waals surface area contributed by atoms with Gasteiger partial charge in [-0.2, -0.15) is 8.78 Å². The van der Waals surface area contributed by atoms with Crippen molar-refractivity contribution < 1.29 is 13.3 Å². The lowest BCUT2D eigenvalue weighted by Crippen LogP contribution is -2.27. The molecular formula is C9H10F2OS. The third kappa shape index (κ3) is 2.42. The van der Waals surface area contributed by atoms with Crippen molar-refractivity contribution in [3.8, 4) is 0 Å². The Morgan fingerprint density at radius 1 is 1.31 bits per heavy atom. The molecular weight excluding hydrogens is 194 g/mol. The van der Waals surface area contributed by atoms with Gasteiger partial charge in [-0.25, -0.2) is 0 Å². The minimum Gasteiger partial charge on any atom is -0.607 e. The topological polar surface area (TPSA) is 23.1 Å². The lowest BCUT2D eigenvalue weighted by atomic mass is 10.4. The molecule has 0 aliphatic carbocycles. The molecule has 4 heteroatoms. The number of hydrogen-bond acceptors (Lipinski definition) is 1. The molecule has 0 aromatic heterocycles. The zero-order valence-corrected chi connectivity index (χ0v) is 7.98. The second-order valence-corrected chi connectivity index (χ2v) is 4.18.